The van der Waals surface area contributed by atoms with Gasteiger partial charge < -0.3 is 15.4 Å². The van der Waals surface area contributed by atoms with Crippen molar-refractivity contribution in [2.24, 2.45) is 5.73 Å². The minimum absolute atomic E-state index is 0.000995. The Morgan fingerprint density at radius 1 is 1.52 bits per heavy atom. The number of amides is 1. The van der Waals surface area contributed by atoms with E-state index in [1.54, 1.807) is 17.9 Å². The number of hydrogen-bond donors (Lipinski definition) is 1. The number of nitrogens with two attached hydrogens (primary N) is 1. The molecule has 2 N–H and O–H groups in total. The molecule has 1 aliphatic carbocycles. The summed E-state index contributed by atoms with van der Waals surface area (Å²) in [6, 6.07) is 1.94. The number of ether oxygens (including phenoxy) is 1. The van der Waals surface area contributed by atoms with Crippen molar-refractivity contribution in [2.45, 2.75) is 25.8 Å². The Balaban J connectivity index is 2.15. The molecule has 1 heterocycles. The van der Waals surface area contributed by atoms with Gasteiger partial charge in [0, 0.05) is 11.6 Å². The van der Waals surface area contributed by atoms with E-state index in [4.69, 9.17) is 10.5 Å². The van der Waals surface area contributed by atoms with Crippen molar-refractivity contribution in [3.05, 3.63) is 21.9 Å². The van der Waals surface area contributed by atoms with Crippen LogP contribution in [0.25, 0.3) is 0 Å². The average Bonchev–Trinajstić information content (AvgIpc) is 3.20. The van der Waals surface area contributed by atoms with E-state index in [0.29, 0.717) is 17.0 Å². The van der Waals surface area contributed by atoms with Gasteiger partial charge in [0.15, 0.2) is 0 Å². The molecule has 0 bridgehead atoms. The quantitative estimate of drug-likeness (QED) is 0.656. The van der Waals surface area contributed by atoms with E-state index in [2.05, 4.69) is 11.8 Å². The summed E-state index contributed by atoms with van der Waals surface area (Å²) < 4.78 is 4.94. The van der Waals surface area contributed by atoms with Gasteiger partial charge in [-0.1, -0.05) is 11.8 Å². The van der Waals surface area contributed by atoms with Crippen LogP contribution in [0.1, 0.15) is 35.0 Å². The van der Waals surface area contributed by atoms with Crippen LogP contribution >= 0.6 is 11.3 Å². The van der Waals surface area contributed by atoms with Crippen molar-refractivity contribution < 1.29 is 14.3 Å². The summed E-state index contributed by atoms with van der Waals surface area (Å²) in [5.41, 5.74) is 6.03. The Morgan fingerprint density at radius 3 is 2.90 bits per heavy atom. The van der Waals surface area contributed by atoms with Crippen LogP contribution in [-0.4, -0.2) is 42.5 Å². The highest BCUT2D eigenvalue weighted by Gasteiger charge is 2.35. The van der Waals surface area contributed by atoms with E-state index in [0.717, 1.165) is 12.8 Å². The number of nitrogens with zero attached hydrogens (tertiary/aromatic N) is 1. The van der Waals surface area contributed by atoms with Crippen LogP contribution in [0, 0.1) is 11.8 Å². The summed E-state index contributed by atoms with van der Waals surface area (Å²) in [5.74, 6) is 5.13. The molecule has 5 nitrogen and oxygen atoms in total. The third-order valence-corrected chi connectivity index (χ3v) is 3.94. The fraction of sp³-hybridized carbons (Fsp3) is 0.467. The molecule has 1 aromatic heterocycles. The lowest BCUT2D eigenvalue weighted by atomic mass is 10.2. The van der Waals surface area contributed by atoms with Crippen LogP contribution in [0.15, 0.2) is 11.4 Å². The van der Waals surface area contributed by atoms with Crippen molar-refractivity contribution in [1.29, 1.82) is 0 Å². The molecule has 0 aromatic carbocycles. The monoisotopic (exact) mass is 306 g/mol. The molecule has 0 unspecified atom stereocenters. The van der Waals surface area contributed by atoms with Crippen LogP contribution in [0.3, 0.4) is 0 Å². The second-order valence-electron chi connectivity index (χ2n) is 4.64. The number of carbonyl (C=O) groups excluding carboxylic acids is 2. The molecule has 1 amide bonds. The van der Waals surface area contributed by atoms with Gasteiger partial charge >= 0.3 is 5.97 Å². The van der Waals surface area contributed by atoms with Gasteiger partial charge in [-0.25, -0.2) is 0 Å². The molecule has 0 radical (unpaired) electrons. The lowest BCUT2D eigenvalue weighted by molar-refractivity contribution is -0.143. The summed E-state index contributed by atoms with van der Waals surface area (Å²) in [6.07, 6.45) is 1.86. The van der Waals surface area contributed by atoms with Crippen molar-refractivity contribution >= 4 is 23.2 Å². The molecule has 2 rings (SSSR count). The zero-order valence-corrected chi connectivity index (χ0v) is 12.7. The predicted octanol–water partition coefficient (Wildman–Crippen LogP) is 1.23. The topological polar surface area (TPSA) is 72.6 Å². The van der Waals surface area contributed by atoms with Crippen LogP contribution in [0.4, 0.5) is 0 Å². The average molecular weight is 306 g/mol. The highest BCUT2D eigenvalue weighted by Crippen LogP contribution is 2.30. The molecule has 1 fully saturated rings. The van der Waals surface area contributed by atoms with Crippen molar-refractivity contribution in [2.75, 3.05) is 19.7 Å². The molecule has 0 spiro atoms. The zero-order valence-electron chi connectivity index (χ0n) is 11.9. The molecule has 0 saturated heterocycles. The maximum Gasteiger partial charge on any atom is 0.325 e. The lowest BCUT2D eigenvalue weighted by Gasteiger charge is -2.20. The third-order valence-electron chi connectivity index (χ3n) is 3.04. The molecule has 1 saturated carbocycles. The smallest absolute Gasteiger partial charge is 0.325 e. The molecule has 112 valence electrons. The molecule has 1 aliphatic rings. The van der Waals surface area contributed by atoms with Crippen molar-refractivity contribution in [3.63, 3.8) is 0 Å². The molecular weight excluding hydrogens is 288 g/mol. The Morgan fingerprint density at radius 2 is 2.29 bits per heavy atom. The van der Waals surface area contributed by atoms with Crippen molar-refractivity contribution in [1.82, 2.24) is 4.90 Å². The van der Waals surface area contributed by atoms with E-state index in [-0.39, 0.29) is 31.0 Å². The first-order valence-corrected chi connectivity index (χ1v) is 7.78. The minimum Gasteiger partial charge on any atom is -0.465 e. The third kappa shape index (κ3) is 4.06. The fourth-order valence-corrected chi connectivity index (χ4v) is 2.75. The summed E-state index contributed by atoms with van der Waals surface area (Å²) in [7, 11) is 0. The largest absolute Gasteiger partial charge is 0.465 e. The Bertz CT molecular complexity index is 581. The Kier molecular flexibility index (Phi) is 5.37. The van der Waals surface area contributed by atoms with Gasteiger partial charge in [0.1, 0.15) is 11.4 Å². The van der Waals surface area contributed by atoms with Gasteiger partial charge in [0.05, 0.1) is 13.2 Å². The Labute approximate surface area is 128 Å². The van der Waals surface area contributed by atoms with E-state index >= 15 is 0 Å². The molecular formula is C15H18N2O3S. The van der Waals surface area contributed by atoms with Gasteiger partial charge in [0.25, 0.3) is 5.91 Å². The van der Waals surface area contributed by atoms with Crippen molar-refractivity contribution in [3.8, 4) is 11.8 Å². The summed E-state index contributed by atoms with van der Waals surface area (Å²) >= 11 is 1.34. The van der Waals surface area contributed by atoms with Gasteiger partial charge in [0.2, 0.25) is 0 Å². The van der Waals surface area contributed by atoms with Gasteiger partial charge in [-0.05, 0) is 31.2 Å². The van der Waals surface area contributed by atoms with E-state index in [1.807, 2.05) is 5.38 Å². The zero-order chi connectivity index (χ0) is 15.2. The van der Waals surface area contributed by atoms with Crippen LogP contribution in [0.2, 0.25) is 0 Å². The lowest BCUT2D eigenvalue weighted by Crippen LogP contribution is -2.38. The summed E-state index contributed by atoms with van der Waals surface area (Å²) in [4.78, 5) is 26.5. The van der Waals surface area contributed by atoms with Crippen LogP contribution in [0.5, 0.6) is 0 Å². The standard InChI is InChI=1S/C15H18N2O3S/c1-2-20-13(18)10-17(12-5-6-12)15(19)14-11(4-3-8-16)7-9-21-14/h7,9,12H,2,5-6,8,10,16H2,1H3. The molecule has 0 aliphatic heterocycles. The van der Waals surface area contributed by atoms with Crippen LogP contribution < -0.4 is 5.73 Å². The first kappa shape index (κ1) is 15.5. The highest BCUT2D eigenvalue weighted by atomic mass is 32.1. The van der Waals surface area contributed by atoms with Gasteiger partial charge in [-0.15, -0.1) is 11.3 Å². The summed E-state index contributed by atoms with van der Waals surface area (Å²) in [5, 5.41) is 1.82. The number of rotatable bonds is 5. The van der Waals surface area contributed by atoms with Gasteiger partial charge in [-0.3, -0.25) is 9.59 Å². The number of thiophene rings is 1. The number of esters is 1. The van der Waals surface area contributed by atoms with E-state index < -0.39 is 0 Å². The predicted molar refractivity (Wildman–Crippen MR) is 80.9 cm³/mol. The maximum atomic E-state index is 12.6. The van der Waals surface area contributed by atoms with E-state index in [9.17, 15) is 9.59 Å². The first-order valence-electron chi connectivity index (χ1n) is 6.90. The fourth-order valence-electron chi connectivity index (χ4n) is 1.95. The molecule has 0 atom stereocenters. The second kappa shape index (κ2) is 7.25. The first-order chi connectivity index (χ1) is 10.2. The Hall–Kier alpha value is -1.84. The minimum atomic E-state index is -0.371. The molecule has 1 aromatic rings. The normalized spacial score (nSPS) is 13.2. The summed E-state index contributed by atoms with van der Waals surface area (Å²) in [6.45, 7) is 2.32. The second-order valence-corrected chi connectivity index (χ2v) is 5.55. The highest BCUT2D eigenvalue weighted by molar-refractivity contribution is 7.12. The number of hydrogen-bond acceptors (Lipinski definition) is 5. The van der Waals surface area contributed by atoms with Gasteiger partial charge in [-0.2, -0.15) is 0 Å². The van der Waals surface area contributed by atoms with E-state index in [1.165, 1.54) is 11.3 Å². The maximum absolute atomic E-state index is 12.6. The number of carbonyl (C=O) groups is 2. The van der Waals surface area contributed by atoms with Crippen LogP contribution in [-0.2, 0) is 9.53 Å². The molecule has 21 heavy (non-hydrogen) atoms. The SMILES string of the molecule is CCOC(=O)CN(C(=O)c1sccc1C#CCN)C1CC1. The molecule has 6 heteroatoms.